The highest BCUT2D eigenvalue weighted by molar-refractivity contribution is 7.89. The van der Waals surface area contributed by atoms with E-state index in [0.717, 1.165) is 28.6 Å². The van der Waals surface area contributed by atoms with Crippen molar-refractivity contribution < 1.29 is 18.0 Å². The van der Waals surface area contributed by atoms with Crippen LogP contribution in [0.4, 0.5) is 0 Å². The van der Waals surface area contributed by atoms with E-state index in [4.69, 9.17) is 11.6 Å². The molecule has 5 rings (SSSR count). The summed E-state index contributed by atoms with van der Waals surface area (Å²) in [5.41, 5.74) is 0. The van der Waals surface area contributed by atoms with Gasteiger partial charge in [-0.2, -0.15) is 4.72 Å². The van der Waals surface area contributed by atoms with E-state index in [1.807, 2.05) is 5.38 Å². The van der Waals surface area contributed by atoms with Gasteiger partial charge in [0.15, 0.2) is 0 Å². The molecule has 2 N–H and O–H groups in total. The van der Waals surface area contributed by atoms with E-state index in [1.54, 1.807) is 59.7 Å². The normalized spacial score (nSPS) is 21.3. The Kier molecular flexibility index (Phi) is 8.01. The summed E-state index contributed by atoms with van der Waals surface area (Å²) < 4.78 is 28.7. The molecule has 9 nitrogen and oxygen atoms in total. The molecule has 202 valence electrons. The van der Waals surface area contributed by atoms with Gasteiger partial charge in [-0.15, -0.1) is 11.3 Å². The Bertz CT molecular complexity index is 1430. The van der Waals surface area contributed by atoms with E-state index < -0.39 is 22.1 Å². The van der Waals surface area contributed by atoms with Gasteiger partial charge in [0.1, 0.15) is 17.1 Å². The van der Waals surface area contributed by atoms with Crippen molar-refractivity contribution in [3.8, 4) is 0 Å². The molecule has 0 radical (unpaired) electrons. The third-order valence-corrected chi connectivity index (χ3v) is 9.69. The molecule has 0 aliphatic carbocycles. The highest BCUT2D eigenvalue weighted by atomic mass is 35.5. The second kappa shape index (κ2) is 11.3. The van der Waals surface area contributed by atoms with Crippen LogP contribution in [0.5, 0.6) is 0 Å². The predicted molar refractivity (Wildman–Crippen MR) is 147 cm³/mol. The third-order valence-electron chi connectivity index (χ3n) is 7.20. The van der Waals surface area contributed by atoms with E-state index >= 15 is 0 Å². The van der Waals surface area contributed by atoms with Crippen LogP contribution in [-0.4, -0.2) is 72.8 Å². The standard InChI is InChI=1S/C26H30ClN5O4S2/c1-17(25(33)31-10-2-3-21(16-31)29-15-24-28-9-12-37-24)32-11-8-23(26(32)34)30-38(35,36)22-7-5-18-13-20(27)6-4-19(18)14-22/h4-7,9,12-14,17,21,23,29-30H,2-3,8,10-11,15-16H2,1H3/t17-,21?,23?/m0/s1. The molecule has 0 spiro atoms. The number of benzene rings is 2. The summed E-state index contributed by atoms with van der Waals surface area (Å²) in [5, 5.41) is 8.55. The van der Waals surface area contributed by atoms with Crippen LogP contribution in [0.3, 0.4) is 0 Å². The lowest BCUT2D eigenvalue weighted by Crippen LogP contribution is -2.54. The molecule has 38 heavy (non-hydrogen) atoms. The summed E-state index contributed by atoms with van der Waals surface area (Å²) in [4.78, 5) is 34.2. The lowest BCUT2D eigenvalue weighted by atomic mass is 10.0. The van der Waals surface area contributed by atoms with Crippen molar-refractivity contribution in [2.24, 2.45) is 0 Å². The molecule has 2 saturated heterocycles. The summed E-state index contributed by atoms with van der Waals surface area (Å²) in [6.45, 7) is 3.91. The van der Waals surface area contributed by atoms with Crippen LogP contribution in [-0.2, 0) is 26.2 Å². The van der Waals surface area contributed by atoms with Gasteiger partial charge in [-0.25, -0.2) is 13.4 Å². The zero-order valence-electron chi connectivity index (χ0n) is 21.0. The first-order valence-corrected chi connectivity index (χ1v) is 15.4. The summed E-state index contributed by atoms with van der Waals surface area (Å²) >= 11 is 7.62. The summed E-state index contributed by atoms with van der Waals surface area (Å²) in [6.07, 6.45) is 3.93. The van der Waals surface area contributed by atoms with Gasteiger partial charge in [0.2, 0.25) is 21.8 Å². The molecular formula is C26H30ClN5O4S2. The van der Waals surface area contributed by atoms with E-state index in [2.05, 4.69) is 15.0 Å². The van der Waals surface area contributed by atoms with Crippen LogP contribution in [0.2, 0.25) is 5.02 Å². The number of nitrogens with zero attached hydrogens (tertiary/aromatic N) is 3. The van der Waals surface area contributed by atoms with E-state index in [9.17, 15) is 18.0 Å². The molecule has 1 aromatic heterocycles. The van der Waals surface area contributed by atoms with Gasteiger partial charge in [-0.3, -0.25) is 9.59 Å². The monoisotopic (exact) mass is 575 g/mol. The maximum Gasteiger partial charge on any atom is 0.245 e. The number of piperidine rings is 1. The van der Waals surface area contributed by atoms with E-state index in [1.165, 1.54) is 11.0 Å². The third kappa shape index (κ3) is 5.86. The molecule has 0 bridgehead atoms. The number of fused-ring (bicyclic) bond motifs is 1. The minimum absolute atomic E-state index is 0.0762. The number of carbonyl (C=O) groups is 2. The molecule has 0 saturated carbocycles. The molecule has 12 heteroatoms. The first-order chi connectivity index (χ1) is 18.2. The number of likely N-dealkylation sites (tertiary alicyclic amines) is 2. The molecule has 3 atom stereocenters. The Morgan fingerprint density at radius 1 is 1.18 bits per heavy atom. The number of carbonyl (C=O) groups excluding carboxylic acids is 2. The number of halogens is 1. The first kappa shape index (κ1) is 27.0. The second-order valence-electron chi connectivity index (χ2n) is 9.75. The van der Waals surface area contributed by atoms with E-state index in [-0.39, 0.29) is 22.8 Å². The van der Waals surface area contributed by atoms with Crippen LogP contribution in [0.15, 0.2) is 52.9 Å². The van der Waals surface area contributed by atoms with Gasteiger partial charge in [0.25, 0.3) is 0 Å². The lowest BCUT2D eigenvalue weighted by molar-refractivity contribution is -0.144. The molecule has 3 aromatic rings. The summed E-state index contributed by atoms with van der Waals surface area (Å²) in [7, 11) is -3.94. The number of aromatic nitrogens is 1. The van der Waals surface area contributed by atoms with Crippen molar-refractivity contribution >= 4 is 55.5 Å². The van der Waals surface area contributed by atoms with Crippen molar-refractivity contribution in [1.82, 2.24) is 24.8 Å². The Morgan fingerprint density at radius 3 is 2.76 bits per heavy atom. The minimum atomic E-state index is -3.94. The zero-order valence-corrected chi connectivity index (χ0v) is 23.4. The molecule has 3 heterocycles. The predicted octanol–water partition coefficient (Wildman–Crippen LogP) is 3.00. The maximum atomic E-state index is 13.3. The summed E-state index contributed by atoms with van der Waals surface area (Å²) in [6, 6.07) is 8.56. The summed E-state index contributed by atoms with van der Waals surface area (Å²) in [5.74, 6) is -0.492. The average molecular weight is 576 g/mol. The van der Waals surface area contributed by atoms with Gasteiger partial charge in [-0.05, 0) is 61.2 Å². The number of rotatable bonds is 8. The van der Waals surface area contributed by atoms with Gasteiger partial charge in [0, 0.05) is 48.8 Å². The fourth-order valence-electron chi connectivity index (χ4n) is 5.13. The average Bonchev–Trinajstić information content (AvgIpc) is 3.56. The van der Waals surface area contributed by atoms with Crippen LogP contribution in [0.25, 0.3) is 10.8 Å². The quantitative estimate of drug-likeness (QED) is 0.427. The molecule has 2 unspecified atom stereocenters. The highest BCUT2D eigenvalue weighted by Gasteiger charge is 2.40. The number of hydrogen-bond acceptors (Lipinski definition) is 7. The van der Waals surface area contributed by atoms with Gasteiger partial charge < -0.3 is 15.1 Å². The largest absolute Gasteiger partial charge is 0.339 e. The molecule has 2 amide bonds. The molecule has 2 aliphatic heterocycles. The molecule has 2 aliphatic rings. The van der Waals surface area contributed by atoms with Crippen LogP contribution < -0.4 is 10.0 Å². The highest BCUT2D eigenvalue weighted by Crippen LogP contribution is 2.24. The SMILES string of the molecule is C[C@@H](C(=O)N1CCCC(NCc2nccs2)C1)N1CCC(NS(=O)(=O)c2ccc3cc(Cl)ccc3c2)C1=O. The number of hydrogen-bond donors (Lipinski definition) is 2. The lowest BCUT2D eigenvalue weighted by Gasteiger charge is -2.36. The number of nitrogens with one attached hydrogen (secondary N) is 2. The Hall–Kier alpha value is -2.57. The van der Waals surface area contributed by atoms with Crippen LogP contribution in [0.1, 0.15) is 31.2 Å². The second-order valence-corrected chi connectivity index (χ2v) is 12.9. The number of thiazole rings is 1. The smallest absolute Gasteiger partial charge is 0.245 e. The van der Waals surface area contributed by atoms with Crippen molar-refractivity contribution in [1.29, 1.82) is 0 Å². The van der Waals surface area contributed by atoms with E-state index in [0.29, 0.717) is 37.6 Å². The first-order valence-electron chi connectivity index (χ1n) is 12.6. The number of amides is 2. The minimum Gasteiger partial charge on any atom is -0.339 e. The molecule has 2 aromatic carbocycles. The molecular weight excluding hydrogens is 546 g/mol. The van der Waals surface area contributed by atoms with Crippen LogP contribution in [0, 0.1) is 0 Å². The van der Waals surface area contributed by atoms with Crippen molar-refractivity contribution in [2.45, 2.75) is 55.8 Å². The Balaban J connectivity index is 1.20. The van der Waals surface area contributed by atoms with Crippen molar-refractivity contribution in [2.75, 3.05) is 19.6 Å². The van der Waals surface area contributed by atoms with Crippen molar-refractivity contribution in [3.63, 3.8) is 0 Å². The Labute approximate surface area is 231 Å². The van der Waals surface area contributed by atoms with Gasteiger partial charge in [-0.1, -0.05) is 23.7 Å². The fourth-order valence-corrected chi connectivity index (χ4v) is 7.13. The van der Waals surface area contributed by atoms with Gasteiger partial charge in [0.05, 0.1) is 4.90 Å². The molecule has 2 fully saturated rings. The Morgan fingerprint density at radius 2 is 1.97 bits per heavy atom. The van der Waals surface area contributed by atoms with Crippen molar-refractivity contribution in [3.05, 3.63) is 58.0 Å². The van der Waals surface area contributed by atoms with Crippen LogP contribution >= 0.6 is 22.9 Å². The topological polar surface area (TPSA) is 112 Å². The zero-order chi connectivity index (χ0) is 26.9. The fraction of sp³-hybridized carbons (Fsp3) is 0.423. The maximum absolute atomic E-state index is 13.3. The van der Waals surface area contributed by atoms with Gasteiger partial charge >= 0.3 is 0 Å². The number of sulfonamides is 1.